The van der Waals surface area contributed by atoms with Crippen LogP contribution in [0, 0.1) is 0 Å². The number of aromatic nitrogens is 3. The first-order chi connectivity index (χ1) is 10.6. The Morgan fingerprint density at radius 3 is 2.86 bits per heavy atom. The zero-order valence-corrected chi connectivity index (χ0v) is 12.0. The van der Waals surface area contributed by atoms with Gasteiger partial charge in [0.25, 0.3) is 11.6 Å². The van der Waals surface area contributed by atoms with Gasteiger partial charge in [-0.05, 0) is 18.1 Å². The van der Waals surface area contributed by atoms with Gasteiger partial charge in [-0.3, -0.25) is 9.78 Å². The summed E-state index contributed by atoms with van der Waals surface area (Å²) in [6.07, 6.45) is 0.518. The highest BCUT2D eigenvalue weighted by Gasteiger charge is 2.12. The second-order valence-electron chi connectivity index (χ2n) is 4.72. The Hall–Kier alpha value is -2.84. The van der Waals surface area contributed by atoms with Crippen molar-refractivity contribution < 1.29 is 13.7 Å². The van der Waals surface area contributed by atoms with E-state index in [0.717, 1.165) is 5.59 Å². The summed E-state index contributed by atoms with van der Waals surface area (Å²) in [5.74, 6) is 0.490. The van der Waals surface area contributed by atoms with Crippen LogP contribution in [0.1, 0.15) is 18.2 Å². The maximum atomic E-state index is 12.1. The quantitative estimate of drug-likeness (QED) is 0.632. The molecule has 0 saturated carbocycles. The van der Waals surface area contributed by atoms with Crippen molar-refractivity contribution in [2.45, 2.75) is 20.0 Å². The van der Waals surface area contributed by atoms with E-state index in [0.29, 0.717) is 17.7 Å². The molecular formula is C13H12BN3O5. The number of nitrogens with zero attached hydrogens (tertiary/aromatic N) is 2. The number of hydrogen-bond donors (Lipinski definition) is 1. The molecular weight excluding hydrogens is 289 g/mol. The summed E-state index contributed by atoms with van der Waals surface area (Å²) in [7, 11) is 1.78. The first-order valence-corrected chi connectivity index (χ1v) is 6.69. The van der Waals surface area contributed by atoms with Crippen molar-refractivity contribution in [2.75, 3.05) is 0 Å². The highest BCUT2D eigenvalue weighted by molar-refractivity contribution is 6.30. The van der Waals surface area contributed by atoms with E-state index in [1.54, 1.807) is 13.9 Å². The lowest BCUT2D eigenvalue weighted by molar-refractivity contribution is 0.233. The van der Waals surface area contributed by atoms with Gasteiger partial charge < -0.3 is 13.7 Å². The minimum absolute atomic E-state index is 0.0446. The molecule has 0 atom stereocenters. The van der Waals surface area contributed by atoms with Crippen molar-refractivity contribution >= 4 is 24.5 Å². The molecule has 0 saturated heterocycles. The number of rotatable bonds is 4. The number of hydrogen-bond acceptors (Lipinski definition) is 7. The van der Waals surface area contributed by atoms with Crippen LogP contribution in [0.2, 0.25) is 0 Å². The van der Waals surface area contributed by atoms with E-state index in [9.17, 15) is 9.59 Å². The lowest BCUT2D eigenvalue weighted by Gasteiger charge is -2.05. The van der Waals surface area contributed by atoms with E-state index in [1.165, 1.54) is 6.07 Å². The Kier molecular flexibility index (Phi) is 3.54. The van der Waals surface area contributed by atoms with Crippen molar-refractivity contribution in [1.29, 1.82) is 0 Å². The maximum absolute atomic E-state index is 12.1. The van der Waals surface area contributed by atoms with Gasteiger partial charge in [0.15, 0.2) is 20.2 Å². The molecule has 0 radical (unpaired) electrons. The van der Waals surface area contributed by atoms with Crippen LogP contribution in [-0.2, 0) is 13.0 Å². The van der Waals surface area contributed by atoms with Crippen LogP contribution in [0.3, 0.4) is 0 Å². The number of ether oxygens (including phenoxy) is 1. The third-order valence-corrected chi connectivity index (χ3v) is 3.08. The number of aromatic amines is 1. The Labute approximate surface area is 124 Å². The molecule has 8 nitrogen and oxygen atoms in total. The number of aryl methyl sites for hydroxylation is 1. The largest absolute Gasteiger partial charge is 0.456 e. The van der Waals surface area contributed by atoms with E-state index >= 15 is 0 Å². The first kappa shape index (κ1) is 14.1. The van der Waals surface area contributed by atoms with E-state index in [2.05, 4.69) is 15.1 Å². The minimum Gasteiger partial charge on any atom is -0.456 e. The molecule has 3 heterocycles. The maximum Gasteiger partial charge on any atom is 0.337 e. The van der Waals surface area contributed by atoms with Crippen LogP contribution in [-0.4, -0.2) is 23.0 Å². The molecule has 112 valence electrons. The molecule has 1 N–H and O–H groups in total. The predicted octanol–water partition coefficient (Wildman–Crippen LogP) is -0.736. The van der Waals surface area contributed by atoms with Gasteiger partial charge in [-0.25, -0.2) is 4.79 Å². The van der Waals surface area contributed by atoms with Gasteiger partial charge in [-0.1, -0.05) is 12.1 Å². The molecule has 9 heteroatoms. The Morgan fingerprint density at radius 2 is 2.18 bits per heavy atom. The molecule has 0 aliphatic rings. The molecule has 0 amide bonds. The van der Waals surface area contributed by atoms with Gasteiger partial charge in [0, 0.05) is 11.7 Å². The smallest absolute Gasteiger partial charge is 0.337 e. The van der Waals surface area contributed by atoms with Crippen molar-refractivity contribution in [3.05, 3.63) is 44.2 Å². The molecule has 0 aliphatic carbocycles. The van der Waals surface area contributed by atoms with Crippen molar-refractivity contribution in [1.82, 2.24) is 15.1 Å². The number of fused-ring (bicyclic) bond motifs is 1. The third kappa shape index (κ3) is 2.65. The van der Waals surface area contributed by atoms with Crippen molar-refractivity contribution in [3.8, 4) is 6.01 Å². The Balaban J connectivity index is 1.98. The molecule has 0 fully saturated rings. The summed E-state index contributed by atoms with van der Waals surface area (Å²) in [6.45, 7) is 1.89. The van der Waals surface area contributed by atoms with Crippen LogP contribution in [0.15, 0.2) is 30.7 Å². The summed E-state index contributed by atoms with van der Waals surface area (Å²) in [6, 6.07) is 2.94. The molecule has 3 aromatic rings. The summed E-state index contributed by atoms with van der Waals surface area (Å²) in [4.78, 5) is 30.1. The third-order valence-electron chi connectivity index (χ3n) is 3.08. The summed E-state index contributed by atoms with van der Waals surface area (Å²) < 4.78 is 15.3. The van der Waals surface area contributed by atoms with Crippen molar-refractivity contribution in [3.63, 3.8) is 0 Å². The molecule has 0 bridgehead atoms. The fourth-order valence-corrected chi connectivity index (χ4v) is 2.10. The predicted molar refractivity (Wildman–Crippen MR) is 79.3 cm³/mol. The van der Waals surface area contributed by atoms with Gasteiger partial charge in [-0.15, -0.1) is 0 Å². The zero-order chi connectivity index (χ0) is 15.7. The van der Waals surface area contributed by atoms with Gasteiger partial charge >= 0.3 is 5.63 Å². The molecule has 0 aliphatic heterocycles. The summed E-state index contributed by atoms with van der Waals surface area (Å²) in [5.41, 5.74) is 0.278. The molecule has 0 spiro atoms. The monoisotopic (exact) mass is 301 g/mol. The number of H-pyrrole nitrogens is 1. The zero-order valence-electron chi connectivity index (χ0n) is 12.0. The van der Waals surface area contributed by atoms with Gasteiger partial charge in [-0.2, -0.15) is 4.98 Å². The summed E-state index contributed by atoms with van der Waals surface area (Å²) >= 11 is 0. The van der Waals surface area contributed by atoms with Gasteiger partial charge in [0.1, 0.15) is 5.39 Å². The SMILES string of the molecule is Bc1cc(COc2nc3oc(=O)cc(CC)c3c(=O)[nH]2)on1. The molecule has 3 aromatic heterocycles. The van der Waals surface area contributed by atoms with E-state index in [-0.39, 0.29) is 23.7 Å². The van der Waals surface area contributed by atoms with Crippen LogP contribution in [0.4, 0.5) is 0 Å². The lowest BCUT2D eigenvalue weighted by Crippen LogP contribution is -2.15. The van der Waals surface area contributed by atoms with E-state index in [1.807, 2.05) is 6.92 Å². The topological polar surface area (TPSA) is 111 Å². The molecule has 0 unspecified atom stereocenters. The average Bonchev–Trinajstić information content (AvgIpc) is 2.89. The molecule has 3 rings (SSSR count). The van der Waals surface area contributed by atoms with Crippen molar-refractivity contribution in [2.24, 2.45) is 0 Å². The van der Waals surface area contributed by atoms with Crippen LogP contribution < -0.4 is 21.5 Å². The minimum atomic E-state index is -0.556. The van der Waals surface area contributed by atoms with Crippen LogP contribution >= 0.6 is 0 Å². The average molecular weight is 301 g/mol. The summed E-state index contributed by atoms with van der Waals surface area (Å²) in [5, 5.41) is 3.98. The lowest BCUT2D eigenvalue weighted by atomic mass is 10.1. The Bertz CT molecular complexity index is 943. The van der Waals surface area contributed by atoms with Crippen LogP contribution in [0.25, 0.3) is 11.1 Å². The second kappa shape index (κ2) is 5.51. The fourth-order valence-electron chi connectivity index (χ4n) is 2.10. The van der Waals surface area contributed by atoms with E-state index in [4.69, 9.17) is 13.7 Å². The van der Waals surface area contributed by atoms with Gasteiger partial charge in [0.05, 0.1) is 0 Å². The van der Waals surface area contributed by atoms with Crippen LogP contribution in [0.5, 0.6) is 6.01 Å². The standard InChI is InChI=1S/C13H12BN3O5/c1-2-6-3-9(18)21-12-10(6)11(19)15-13(16-12)20-5-7-4-8(14)17-22-7/h3-4H,2,5,14H2,1H3,(H,15,16,19). The fraction of sp³-hybridized carbons (Fsp3) is 0.231. The highest BCUT2D eigenvalue weighted by atomic mass is 16.5. The normalized spacial score (nSPS) is 11.0. The first-order valence-electron chi connectivity index (χ1n) is 6.69. The highest BCUT2D eigenvalue weighted by Crippen LogP contribution is 2.14. The Morgan fingerprint density at radius 1 is 1.36 bits per heavy atom. The molecule has 0 aromatic carbocycles. The number of nitrogens with one attached hydrogen (secondary N) is 1. The van der Waals surface area contributed by atoms with Gasteiger partial charge in [0.2, 0.25) is 5.71 Å². The second-order valence-corrected chi connectivity index (χ2v) is 4.72. The molecule has 22 heavy (non-hydrogen) atoms. The van der Waals surface area contributed by atoms with E-state index < -0.39 is 11.2 Å².